The Hall–Kier alpha value is -4.46. The van der Waals surface area contributed by atoms with Crippen LogP contribution in [0.4, 0.5) is 0 Å². The number of para-hydroxylation sites is 1. The van der Waals surface area contributed by atoms with Crippen LogP contribution >= 0.6 is 0 Å². The summed E-state index contributed by atoms with van der Waals surface area (Å²) in [7, 11) is 1.61. The molecule has 3 heterocycles. The van der Waals surface area contributed by atoms with Crippen molar-refractivity contribution in [2.75, 3.05) is 7.11 Å². The highest BCUT2D eigenvalue weighted by atomic mass is 16.5. The van der Waals surface area contributed by atoms with E-state index in [4.69, 9.17) is 9.47 Å². The number of rotatable bonds is 6. The molecule has 0 bridgehead atoms. The first kappa shape index (κ1) is 19.5. The van der Waals surface area contributed by atoms with Crippen LogP contribution in [0, 0.1) is 0 Å². The molecule has 0 spiro atoms. The number of aromatic amines is 1. The van der Waals surface area contributed by atoms with Crippen molar-refractivity contribution in [3.8, 4) is 11.6 Å². The average molecular weight is 425 g/mol. The second-order valence-electron chi connectivity index (χ2n) is 7.06. The number of fused-ring (bicyclic) bond motifs is 3. The Balaban J connectivity index is 1.43. The number of nitrogens with zero attached hydrogens (tertiary/aromatic N) is 4. The van der Waals surface area contributed by atoms with Gasteiger partial charge in [-0.2, -0.15) is 9.78 Å². The van der Waals surface area contributed by atoms with Gasteiger partial charge in [-0.25, -0.2) is 9.97 Å². The minimum atomic E-state index is -0.269. The number of nitrogens with one attached hydrogen (secondary N) is 1. The largest absolute Gasteiger partial charge is 0.496 e. The molecule has 0 aliphatic heterocycles. The van der Waals surface area contributed by atoms with Gasteiger partial charge in [0.05, 0.1) is 13.3 Å². The molecule has 5 rings (SSSR count). The number of H-pyrrole nitrogens is 1. The van der Waals surface area contributed by atoms with Gasteiger partial charge in [-0.15, -0.1) is 0 Å². The van der Waals surface area contributed by atoms with Crippen molar-refractivity contribution >= 4 is 28.2 Å². The van der Waals surface area contributed by atoms with Gasteiger partial charge in [-0.05, 0) is 35.9 Å². The average Bonchev–Trinajstić information content (AvgIpc) is 3.23. The van der Waals surface area contributed by atoms with Gasteiger partial charge < -0.3 is 14.5 Å². The summed E-state index contributed by atoms with van der Waals surface area (Å²) >= 11 is 0. The van der Waals surface area contributed by atoms with Crippen molar-refractivity contribution in [2.24, 2.45) is 5.10 Å². The predicted molar refractivity (Wildman–Crippen MR) is 122 cm³/mol. The Morgan fingerprint density at radius 2 is 1.97 bits per heavy atom. The first-order valence-electron chi connectivity index (χ1n) is 9.96. The van der Waals surface area contributed by atoms with Crippen LogP contribution in [-0.2, 0) is 6.61 Å². The number of hydrogen-bond donors (Lipinski definition) is 1. The predicted octanol–water partition coefficient (Wildman–Crippen LogP) is 3.74. The quantitative estimate of drug-likeness (QED) is 0.418. The van der Waals surface area contributed by atoms with E-state index in [2.05, 4.69) is 20.1 Å². The maximum absolute atomic E-state index is 12.9. The van der Waals surface area contributed by atoms with Gasteiger partial charge in [-0.1, -0.05) is 24.3 Å². The molecule has 2 aromatic carbocycles. The van der Waals surface area contributed by atoms with Crippen molar-refractivity contribution in [1.82, 2.24) is 19.6 Å². The molecule has 1 N–H and O–H groups in total. The molecular formula is C24H19N5O3. The van der Waals surface area contributed by atoms with Crippen molar-refractivity contribution in [2.45, 2.75) is 6.61 Å². The van der Waals surface area contributed by atoms with Crippen LogP contribution in [0.15, 0.2) is 83.1 Å². The van der Waals surface area contributed by atoms with E-state index in [0.717, 1.165) is 22.0 Å². The van der Waals surface area contributed by atoms with Crippen LogP contribution < -0.4 is 15.0 Å². The highest BCUT2D eigenvalue weighted by Gasteiger charge is 2.10. The van der Waals surface area contributed by atoms with E-state index in [9.17, 15) is 4.79 Å². The van der Waals surface area contributed by atoms with Crippen LogP contribution in [0.25, 0.3) is 21.9 Å². The molecule has 8 heteroatoms. The first-order valence-corrected chi connectivity index (χ1v) is 9.96. The number of benzene rings is 2. The van der Waals surface area contributed by atoms with Gasteiger partial charge in [0, 0.05) is 28.7 Å². The number of ether oxygens (including phenoxy) is 2. The van der Waals surface area contributed by atoms with E-state index >= 15 is 0 Å². The number of aromatic nitrogens is 4. The summed E-state index contributed by atoms with van der Waals surface area (Å²) in [6.07, 6.45) is 4.70. The topological polar surface area (TPSA) is 94.4 Å². The molecule has 0 amide bonds. The molecule has 0 aliphatic rings. The van der Waals surface area contributed by atoms with Crippen LogP contribution in [0.2, 0.25) is 0 Å². The Kier molecular flexibility index (Phi) is 5.09. The van der Waals surface area contributed by atoms with E-state index in [-0.39, 0.29) is 12.2 Å². The Bertz CT molecular complexity index is 1490. The van der Waals surface area contributed by atoms with Crippen molar-refractivity contribution < 1.29 is 9.47 Å². The summed E-state index contributed by atoms with van der Waals surface area (Å²) in [6, 6.07) is 18.7. The van der Waals surface area contributed by atoms with Crippen molar-refractivity contribution in [3.63, 3.8) is 0 Å². The summed E-state index contributed by atoms with van der Waals surface area (Å²) in [5.41, 5.74) is 3.27. The molecule has 158 valence electrons. The summed E-state index contributed by atoms with van der Waals surface area (Å²) < 4.78 is 12.4. The monoisotopic (exact) mass is 425 g/mol. The highest BCUT2D eigenvalue weighted by molar-refractivity contribution is 6.04. The SMILES string of the molecule is COc1ccc(C=Nn2cnc3c([nH]c4ccccc43)c2=O)cc1COc1ccccn1. The fourth-order valence-electron chi connectivity index (χ4n) is 3.48. The molecule has 5 aromatic rings. The fourth-order valence-corrected chi connectivity index (χ4v) is 3.48. The lowest BCUT2D eigenvalue weighted by Gasteiger charge is -2.10. The standard InChI is InChI=1S/C24H19N5O3/c1-31-20-10-9-16(12-17(20)14-32-21-8-4-5-11-25-21)13-27-29-15-26-22-18-6-2-3-7-19(18)28-23(22)24(29)30/h2-13,15,28H,14H2,1H3. The molecule has 0 saturated heterocycles. The first-order chi connectivity index (χ1) is 15.7. The molecule has 0 fully saturated rings. The van der Waals surface area contributed by atoms with Crippen LogP contribution in [0.5, 0.6) is 11.6 Å². The van der Waals surface area contributed by atoms with Gasteiger partial charge in [0.15, 0.2) is 0 Å². The summed E-state index contributed by atoms with van der Waals surface area (Å²) in [5, 5.41) is 5.22. The lowest BCUT2D eigenvalue weighted by molar-refractivity contribution is 0.285. The van der Waals surface area contributed by atoms with Crippen LogP contribution in [-0.4, -0.2) is 33.0 Å². The summed E-state index contributed by atoms with van der Waals surface area (Å²) in [5.74, 6) is 1.22. The zero-order chi connectivity index (χ0) is 21.9. The molecule has 0 saturated carbocycles. The summed E-state index contributed by atoms with van der Waals surface area (Å²) in [6.45, 7) is 0.282. The maximum atomic E-state index is 12.9. The lowest BCUT2D eigenvalue weighted by atomic mass is 10.1. The van der Waals surface area contributed by atoms with Crippen molar-refractivity contribution in [3.05, 3.63) is 94.7 Å². The lowest BCUT2D eigenvalue weighted by Crippen LogP contribution is -2.17. The Labute approximate surface area is 182 Å². The number of pyridine rings is 1. The third-order valence-electron chi connectivity index (χ3n) is 5.05. The van der Waals surface area contributed by atoms with Crippen LogP contribution in [0.1, 0.15) is 11.1 Å². The molecule has 0 aliphatic carbocycles. The zero-order valence-corrected chi connectivity index (χ0v) is 17.2. The van der Waals surface area contributed by atoms with Gasteiger partial charge in [-0.3, -0.25) is 4.79 Å². The van der Waals surface area contributed by atoms with Gasteiger partial charge in [0.25, 0.3) is 5.56 Å². The number of hydrogen-bond acceptors (Lipinski definition) is 6. The third kappa shape index (κ3) is 3.69. The fraction of sp³-hybridized carbons (Fsp3) is 0.0833. The second kappa shape index (κ2) is 8.35. The van der Waals surface area contributed by atoms with E-state index in [1.807, 2.05) is 54.6 Å². The van der Waals surface area contributed by atoms with Crippen LogP contribution in [0.3, 0.4) is 0 Å². The zero-order valence-electron chi connectivity index (χ0n) is 17.2. The van der Waals surface area contributed by atoms with E-state index < -0.39 is 0 Å². The molecule has 0 radical (unpaired) electrons. The molecule has 3 aromatic heterocycles. The van der Waals surface area contributed by atoms with E-state index in [1.165, 1.54) is 11.0 Å². The second-order valence-corrected chi connectivity index (χ2v) is 7.06. The normalized spacial score (nSPS) is 11.4. The maximum Gasteiger partial charge on any atom is 0.298 e. The van der Waals surface area contributed by atoms with Gasteiger partial charge >= 0.3 is 0 Å². The van der Waals surface area contributed by atoms with Crippen molar-refractivity contribution in [1.29, 1.82) is 0 Å². The van der Waals surface area contributed by atoms with Gasteiger partial charge in [0.1, 0.15) is 29.7 Å². The van der Waals surface area contributed by atoms with Gasteiger partial charge in [0.2, 0.25) is 5.88 Å². The molecule has 8 nitrogen and oxygen atoms in total. The molecular weight excluding hydrogens is 406 g/mol. The molecule has 32 heavy (non-hydrogen) atoms. The number of methoxy groups -OCH3 is 1. The third-order valence-corrected chi connectivity index (χ3v) is 5.05. The minimum absolute atomic E-state index is 0.269. The summed E-state index contributed by atoms with van der Waals surface area (Å²) in [4.78, 5) is 24.6. The minimum Gasteiger partial charge on any atom is -0.496 e. The highest BCUT2D eigenvalue weighted by Crippen LogP contribution is 2.22. The molecule has 0 unspecified atom stereocenters. The smallest absolute Gasteiger partial charge is 0.298 e. The Morgan fingerprint density at radius 3 is 2.81 bits per heavy atom. The van der Waals surface area contributed by atoms with E-state index in [1.54, 1.807) is 25.6 Å². The van der Waals surface area contributed by atoms with E-state index in [0.29, 0.717) is 22.7 Å². The Morgan fingerprint density at radius 1 is 1.09 bits per heavy atom. The molecule has 0 atom stereocenters.